The molecule has 2 heterocycles. The molecular weight excluding hydrogens is 222 g/mol. The molecule has 1 saturated heterocycles. The summed E-state index contributed by atoms with van der Waals surface area (Å²) in [6, 6.07) is 9.14. The van der Waals surface area contributed by atoms with Crippen molar-refractivity contribution in [2.24, 2.45) is 0 Å². The van der Waals surface area contributed by atoms with Crippen molar-refractivity contribution >= 4 is 5.57 Å². The van der Waals surface area contributed by atoms with Gasteiger partial charge in [-0.3, -0.25) is 4.90 Å². The minimum Gasteiger partial charge on any atom is -0.497 e. The van der Waals surface area contributed by atoms with Gasteiger partial charge in [-0.15, -0.1) is 0 Å². The van der Waals surface area contributed by atoms with Crippen LogP contribution in [-0.2, 0) is 0 Å². The Hall–Kier alpha value is -1.28. The van der Waals surface area contributed by atoms with Crippen LogP contribution in [0.1, 0.15) is 31.2 Å². The molecule has 96 valence electrons. The zero-order valence-electron chi connectivity index (χ0n) is 11.1. The van der Waals surface area contributed by atoms with E-state index < -0.39 is 0 Å². The minimum absolute atomic E-state index is 0.639. The molecule has 0 N–H and O–H groups in total. The van der Waals surface area contributed by atoms with Crippen LogP contribution < -0.4 is 4.74 Å². The van der Waals surface area contributed by atoms with Gasteiger partial charge < -0.3 is 4.74 Å². The smallest absolute Gasteiger partial charge is 0.119 e. The Bertz CT molecular complexity index is 452. The molecule has 2 nitrogen and oxygen atoms in total. The van der Waals surface area contributed by atoms with Crippen molar-refractivity contribution in [2.75, 3.05) is 20.2 Å². The highest BCUT2D eigenvalue weighted by Crippen LogP contribution is 2.34. The van der Waals surface area contributed by atoms with Crippen molar-refractivity contribution in [1.29, 1.82) is 0 Å². The van der Waals surface area contributed by atoms with Gasteiger partial charge in [0.2, 0.25) is 0 Å². The van der Waals surface area contributed by atoms with Gasteiger partial charge in [0.25, 0.3) is 0 Å². The van der Waals surface area contributed by atoms with Crippen LogP contribution in [0.15, 0.2) is 30.3 Å². The summed E-state index contributed by atoms with van der Waals surface area (Å²) >= 11 is 0. The van der Waals surface area contributed by atoms with E-state index in [-0.39, 0.29) is 0 Å². The molecule has 0 unspecified atom stereocenters. The number of rotatable bonds is 2. The minimum atomic E-state index is 0.639. The average Bonchev–Trinajstić information content (AvgIpc) is 2.47. The molecule has 18 heavy (non-hydrogen) atoms. The van der Waals surface area contributed by atoms with Crippen LogP contribution in [-0.4, -0.2) is 31.1 Å². The highest BCUT2D eigenvalue weighted by atomic mass is 16.5. The molecule has 3 rings (SSSR count). The van der Waals surface area contributed by atoms with E-state index in [9.17, 15) is 0 Å². The molecule has 0 aliphatic carbocycles. The van der Waals surface area contributed by atoms with E-state index in [1.54, 1.807) is 7.11 Å². The van der Waals surface area contributed by atoms with Gasteiger partial charge in [0.05, 0.1) is 7.11 Å². The fourth-order valence-electron chi connectivity index (χ4n) is 3.25. The summed E-state index contributed by atoms with van der Waals surface area (Å²) in [4.78, 5) is 2.65. The van der Waals surface area contributed by atoms with E-state index >= 15 is 0 Å². The summed E-state index contributed by atoms with van der Waals surface area (Å²) in [7, 11) is 1.74. The zero-order chi connectivity index (χ0) is 12.4. The molecule has 0 amide bonds. The quantitative estimate of drug-likeness (QED) is 0.790. The molecular formula is C16H21NO. The maximum absolute atomic E-state index is 5.34. The van der Waals surface area contributed by atoms with Gasteiger partial charge in [-0.05, 0) is 49.1 Å². The highest BCUT2D eigenvalue weighted by molar-refractivity contribution is 5.71. The van der Waals surface area contributed by atoms with Crippen LogP contribution in [0.3, 0.4) is 0 Å². The summed E-state index contributed by atoms with van der Waals surface area (Å²) < 4.78 is 5.34. The average molecular weight is 243 g/mol. The molecule has 2 aliphatic heterocycles. The molecule has 0 saturated carbocycles. The lowest BCUT2D eigenvalue weighted by Gasteiger charge is -2.40. The number of ether oxygens (including phenoxy) is 1. The van der Waals surface area contributed by atoms with Crippen LogP contribution in [0.25, 0.3) is 5.57 Å². The molecule has 1 fully saturated rings. The number of nitrogens with zero attached hydrogens (tertiary/aromatic N) is 1. The molecule has 2 heteroatoms. The first-order chi connectivity index (χ1) is 8.88. The van der Waals surface area contributed by atoms with E-state index in [4.69, 9.17) is 4.74 Å². The Kier molecular flexibility index (Phi) is 3.37. The maximum atomic E-state index is 5.34. The normalized spacial score (nSPS) is 24.3. The van der Waals surface area contributed by atoms with Crippen LogP contribution in [0.2, 0.25) is 0 Å². The van der Waals surface area contributed by atoms with E-state index in [1.807, 2.05) is 6.07 Å². The lowest BCUT2D eigenvalue weighted by molar-refractivity contribution is 0.182. The van der Waals surface area contributed by atoms with Crippen LogP contribution in [0, 0.1) is 0 Å². The third kappa shape index (κ3) is 2.17. The van der Waals surface area contributed by atoms with Gasteiger partial charge >= 0.3 is 0 Å². The summed E-state index contributed by atoms with van der Waals surface area (Å²) in [6.07, 6.45) is 7.65. The number of methoxy groups -OCH3 is 1. The Morgan fingerprint density at radius 1 is 1.22 bits per heavy atom. The van der Waals surface area contributed by atoms with Gasteiger partial charge in [-0.1, -0.05) is 24.6 Å². The van der Waals surface area contributed by atoms with Gasteiger partial charge in [-0.2, -0.15) is 0 Å². The van der Waals surface area contributed by atoms with E-state index in [0.717, 1.165) is 5.75 Å². The fraction of sp³-hybridized carbons (Fsp3) is 0.500. The van der Waals surface area contributed by atoms with Crippen molar-refractivity contribution in [2.45, 2.75) is 31.7 Å². The van der Waals surface area contributed by atoms with Crippen molar-refractivity contribution in [3.8, 4) is 5.75 Å². The number of benzene rings is 1. The summed E-state index contributed by atoms with van der Waals surface area (Å²) in [5.74, 6) is 0.960. The lowest BCUT2D eigenvalue weighted by atomic mass is 9.87. The molecule has 1 aromatic carbocycles. The van der Waals surface area contributed by atoms with Crippen LogP contribution >= 0.6 is 0 Å². The summed E-state index contributed by atoms with van der Waals surface area (Å²) in [5.41, 5.74) is 2.85. The number of piperidine rings is 1. The Morgan fingerprint density at radius 3 is 3.06 bits per heavy atom. The van der Waals surface area contributed by atoms with E-state index in [2.05, 4.69) is 29.2 Å². The molecule has 0 bridgehead atoms. The van der Waals surface area contributed by atoms with Crippen LogP contribution in [0.4, 0.5) is 0 Å². The second-order valence-corrected chi connectivity index (χ2v) is 5.23. The number of hydrogen-bond donors (Lipinski definition) is 0. The van der Waals surface area contributed by atoms with Gasteiger partial charge in [0.15, 0.2) is 0 Å². The van der Waals surface area contributed by atoms with Gasteiger partial charge in [0.1, 0.15) is 5.75 Å². The van der Waals surface area contributed by atoms with Crippen molar-refractivity contribution in [1.82, 2.24) is 4.90 Å². The molecule has 0 radical (unpaired) electrons. The first kappa shape index (κ1) is 11.8. The summed E-state index contributed by atoms with van der Waals surface area (Å²) in [5, 5.41) is 0. The first-order valence-electron chi connectivity index (χ1n) is 6.97. The standard InChI is InChI=1S/C16H21NO/c1-18-14-7-4-6-13(12-14)15-8-5-11-17-10-3-2-9-16(15)17/h4,6-8,12,16H,2-3,5,9-11H2,1H3/t16-/m0/s1. The third-order valence-electron chi connectivity index (χ3n) is 4.16. The molecule has 1 aromatic rings. The SMILES string of the molecule is COc1cccc(C2=CCCN3CCCC[C@@H]23)c1. The predicted molar refractivity (Wildman–Crippen MR) is 74.8 cm³/mol. The van der Waals surface area contributed by atoms with Gasteiger partial charge in [0, 0.05) is 12.6 Å². The van der Waals surface area contributed by atoms with Crippen molar-refractivity contribution in [3.63, 3.8) is 0 Å². The topological polar surface area (TPSA) is 12.5 Å². The summed E-state index contributed by atoms with van der Waals surface area (Å²) in [6.45, 7) is 2.50. The lowest BCUT2D eigenvalue weighted by Crippen LogP contribution is -2.42. The van der Waals surface area contributed by atoms with Crippen LogP contribution in [0.5, 0.6) is 5.75 Å². The molecule has 1 atom stereocenters. The fourth-order valence-corrected chi connectivity index (χ4v) is 3.25. The first-order valence-corrected chi connectivity index (χ1v) is 6.97. The van der Waals surface area contributed by atoms with Crippen molar-refractivity contribution < 1.29 is 4.74 Å². The predicted octanol–water partition coefficient (Wildman–Crippen LogP) is 3.34. The second-order valence-electron chi connectivity index (χ2n) is 5.23. The van der Waals surface area contributed by atoms with E-state index in [1.165, 1.54) is 49.9 Å². The Morgan fingerprint density at radius 2 is 2.17 bits per heavy atom. The molecule has 0 aromatic heterocycles. The number of fused-ring (bicyclic) bond motifs is 1. The number of hydrogen-bond acceptors (Lipinski definition) is 2. The third-order valence-corrected chi connectivity index (χ3v) is 4.16. The highest BCUT2D eigenvalue weighted by Gasteiger charge is 2.28. The largest absolute Gasteiger partial charge is 0.497 e. The Balaban J connectivity index is 1.91. The maximum Gasteiger partial charge on any atom is 0.119 e. The Labute approximate surface area is 109 Å². The molecule has 0 spiro atoms. The zero-order valence-corrected chi connectivity index (χ0v) is 11.1. The van der Waals surface area contributed by atoms with Crippen molar-refractivity contribution in [3.05, 3.63) is 35.9 Å². The van der Waals surface area contributed by atoms with Gasteiger partial charge in [-0.25, -0.2) is 0 Å². The van der Waals surface area contributed by atoms with E-state index in [0.29, 0.717) is 6.04 Å². The molecule has 2 aliphatic rings. The second kappa shape index (κ2) is 5.15. The monoisotopic (exact) mass is 243 g/mol.